The Morgan fingerprint density at radius 2 is 1.62 bits per heavy atom. The molecule has 1 aromatic carbocycles. The highest BCUT2D eigenvalue weighted by Crippen LogP contribution is 2.40. The average molecular weight is 439 g/mol. The third-order valence-corrected chi connectivity index (χ3v) is 6.15. The highest BCUT2D eigenvalue weighted by atomic mass is 16.5. The standard InChI is InChI=1S/C29H42O3/c1-21(2)11-8-12-22(3)13-9-14-23(4)15-10-17-29(7)18-16-26-20-27(31-25(6)30)19-24(5)28(26)32-29/h11,13,15,19-20H,8-10,12,14,16-18H2,1-7H3/b22-13+,23-15+. The quantitative estimate of drug-likeness (QED) is 0.210. The number of ether oxygens (including phenoxy) is 2. The summed E-state index contributed by atoms with van der Waals surface area (Å²) in [4.78, 5) is 11.3. The van der Waals surface area contributed by atoms with Crippen LogP contribution < -0.4 is 9.47 Å². The second-order valence-corrected chi connectivity index (χ2v) is 9.87. The first kappa shape index (κ1) is 26.0. The molecule has 2 rings (SSSR count). The van der Waals surface area contributed by atoms with Gasteiger partial charge in [-0.25, -0.2) is 0 Å². The minimum Gasteiger partial charge on any atom is -0.487 e. The lowest BCUT2D eigenvalue weighted by molar-refractivity contribution is -0.131. The predicted molar refractivity (Wildman–Crippen MR) is 134 cm³/mol. The van der Waals surface area contributed by atoms with Crippen molar-refractivity contribution in [3.63, 3.8) is 0 Å². The third kappa shape index (κ3) is 8.68. The van der Waals surface area contributed by atoms with Crippen molar-refractivity contribution in [2.24, 2.45) is 0 Å². The van der Waals surface area contributed by atoms with Gasteiger partial charge in [0, 0.05) is 6.92 Å². The van der Waals surface area contributed by atoms with Gasteiger partial charge in [-0.05, 0) is 116 Å². The zero-order valence-electron chi connectivity index (χ0n) is 21.3. The molecule has 1 atom stereocenters. The lowest BCUT2D eigenvalue weighted by Gasteiger charge is -2.37. The fraction of sp³-hybridized carbons (Fsp3) is 0.552. The number of benzene rings is 1. The topological polar surface area (TPSA) is 35.5 Å². The van der Waals surface area contributed by atoms with Gasteiger partial charge in [-0.2, -0.15) is 0 Å². The number of fused-ring (bicyclic) bond motifs is 1. The number of aryl methyl sites for hydroxylation is 2. The number of hydrogen-bond donors (Lipinski definition) is 0. The van der Waals surface area contributed by atoms with E-state index in [0.717, 1.165) is 68.2 Å². The minimum atomic E-state index is -0.289. The largest absolute Gasteiger partial charge is 0.487 e. The van der Waals surface area contributed by atoms with E-state index < -0.39 is 0 Å². The van der Waals surface area contributed by atoms with Crippen molar-refractivity contribution in [3.8, 4) is 11.5 Å². The van der Waals surface area contributed by atoms with Crippen molar-refractivity contribution in [1.82, 2.24) is 0 Å². The first-order valence-corrected chi connectivity index (χ1v) is 12.0. The van der Waals surface area contributed by atoms with Crippen LogP contribution in [-0.2, 0) is 11.2 Å². The Morgan fingerprint density at radius 1 is 1.00 bits per heavy atom. The molecule has 1 aromatic rings. The normalized spacial score (nSPS) is 18.6. The molecule has 32 heavy (non-hydrogen) atoms. The van der Waals surface area contributed by atoms with Gasteiger partial charge in [-0.3, -0.25) is 4.79 Å². The Balaban J connectivity index is 1.84. The Kier molecular flexibility index (Phi) is 9.81. The van der Waals surface area contributed by atoms with Gasteiger partial charge in [0.15, 0.2) is 0 Å². The Bertz CT molecular complexity index is 884. The summed E-state index contributed by atoms with van der Waals surface area (Å²) in [5, 5.41) is 0. The molecule has 0 N–H and O–H groups in total. The molecule has 3 heteroatoms. The number of hydrogen-bond acceptors (Lipinski definition) is 3. The van der Waals surface area contributed by atoms with Crippen molar-refractivity contribution >= 4 is 5.97 Å². The van der Waals surface area contributed by atoms with Crippen LogP contribution in [0.4, 0.5) is 0 Å². The van der Waals surface area contributed by atoms with E-state index in [0.29, 0.717) is 5.75 Å². The summed E-state index contributed by atoms with van der Waals surface area (Å²) >= 11 is 0. The fourth-order valence-electron chi connectivity index (χ4n) is 4.20. The van der Waals surface area contributed by atoms with Crippen LogP contribution in [0.15, 0.2) is 47.1 Å². The Labute approximate surface area is 195 Å². The van der Waals surface area contributed by atoms with Crippen LogP contribution in [0.2, 0.25) is 0 Å². The van der Waals surface area contributed by atoms with Crippen LogP contribution in [0, 0.1) is 6.92 Å². The van der Waals surface area contributed by atoms with E-state index >= 15 is 0 Å². The number of rotatable bonds is 10. The van der Waals surface area contributed by atoms with Crippen LogP contribution in [0.1, 0.15) is 97.6 Å². The molecule has 0 radical (unpaired) electrons. The molecular weight excluding hydrogens is 396 g/mol. The van der Waals surface area contributed by atoms with Gasteiger partial charge in [0.2, 0.25) is 0 Å². The molecule has 0 aliphatic carbocycles. The zero-order valence-corrected chi connectivity index (χ0v) is 21.3. The molecule has 1 aliphatic heterocycles. The van der Waals surface area contributed by atoms with Crippen LogP contribution in [0.3, 0.4) is 0 Å². The molecule has 0 saturated carbocycles. The first-order valence-electron chi connectivity index (χ1n) is 12.0. The van der Waals surface area contributed by atoms with Crippen LogP contribution >= 0.6 is 0 Å². The smallest absolute Gasteiger partial charge is 0.308 e. The van der Waals surface area contributed by atoms with E-state index in [1.165, 1.54) is 23.6 Å². The fourth-order valence-corrected chi connectivity index (χ4v) is 4.20. The second kappa shape index (κ2) is 12.1. The van der Waals surface area contributed by atoms with Gasteiger partial charge in [0.1, 0.15) is 17.1 Å². The second-order valence-electron chi connectivity index (χ2n) is 9.87. The maximum Gasteiger partial charge on any atom is 0.308 e. The maximum atomic E-state index is 11.3. The number of esters is 1. The summed E-state index contributed by atoms with van der Waals surface area (Å²) in [6.07, 6.45) is 15.6. The van der Waals surface area contributed by atoms with Crippen LogP contribution in [0.5, 0.6) is 11.5 Å². The molecule has 176 valence electrons. The van der Waals surface area contributed by atoms with Gasteiger partial charge in [-0.15, -0.1) is 0 Å². The third-order valence-electron chi connectivity index (χ3n) is 6.15. The number of carbonyl (C=O) groups is 1. The summed E-state index contributed by atoms with van der Waals surface area (Å²) in [6, 6.07) is 3.84. The van der Waals surface area contributed by atoms with Crippen LogP contribution in [0.25, 0.3) is 0 Å². The number of carbonyl (C=O) groups excluding carboxylic acids is 1. The Morgan fingerprint density at radius 3 is 2.25 bits per heavy atom. The van der Waals surface area contributed by atoms with Crippen molar-refractivity contribution < 1.29 is 14.3 Å². The van der Waals surface area contributed by atoms with Gasteiger partial charge in [0.05, 0.1) is 0 Å². The molecule has 0 saturated heterocycles. The predicted octanol–water partition coefficient (Wildman–Crippen LogP) is 8.20. The lowest BCUT2D eigenvalue weighted by Crippen LogP contribution is -2.36. The van der Waals surface area contributed by atoms with E-state index in [4.69, 9.17) is 9.47 Å². The van der Waals surface area contributed by atoms with Gasteiger partial charge >= 0.3 is 5.97 Å². The summed E-state index contributed by atoms with van der Waals surface area (Å²) < 4.78 is 11.7. The maximum absolute atomic E-state index is 11.3. The van der Waals surface area contributed by atoms with Crippen molar-refractivity contribution in [2.45, 2.75) is 105 Å². The lowest BCUT2D eigenvalue weighted by atomic mass is 9.87. The molecule has 0 fully saturated rings. The zero-order chi connectivity index (χ0) is 23.7. The Hall–Kier alpha value is -2.29. The molecule has 3 nitrogen and oxygen atoms in total. The molecule has 1 aliphatic rings. The van der Waals surface area contributed by atoms with E-state index in [2.05, 4.69) is 52.8 Å². The van der Waals surface area contributed by atoms with Gasteiger partial charge in [-0.1, -0.05) is 34.9 Å². The van der Waals surface area contributed by atoms with Crippen molar-refractivity contribution in [2.75, 3.05) is 0 Å². The van der Waals surface area contributed by atoms with Gasteiger partial charge in [0.25, 0.3) is 0 Å². The molecule has 0 aromatic heterocycles. The van der Waals surface area contributed by atoms with E-state index in [1.807, 2.05) is 19.1 Å². The molecule has 0 bridgehead atoms. The summed E-state index contributed by atoms with van der Waals surface area (Å²) in [6.45, 7) is 14.5. The summed E-state index contributed by atoms with van der Waals surface area (Å²) in [7, 11) is 0. The van der Waals surface area contributed by atoms with Crippen molar-refractivity contribution in [1.29, 1.82) is 0 Å². The average Bonchev–Trinajstić information content (AvgIpc) is 2.68. The summed E-state index contributed by atoms with van der Waals surface area (Å²) in [5.74, 6) is 1.28. The highest BCUT2D eigenvalue weighted by molar-refractivity contribution is 5.69. The van der Waals surface area contributed by atoms with E-state index in [9.17, 15) is 4.79 Å². The molecular formula is C29H42O3. The van der Waals surface area contributed by atoms with E-state index in [-0.39, 0.29) is 11.6 Å². The van der Waals surface area contributed by atoms with E-state index in [1.54, 1.807) is 0 Å². The first-order chi connectivity index (χ1) is 15.1. The monoisotopic (exact) mass is 438 g/mol. The molecule has 1 heterocycles. The number of allylic oxidation sites excluding steroid dienone is 6. The highest BCUT2D eigenvalue weighted by Gasteiger charge is 2.32. The molecule has 0 spiro atoms. The van der Waals surface area contributed by atoms with Gasteiger partial charge < -0.3 is 9.47 Å². The minimum absolute atomic E-state index is 0.154. The molecule has 0 amide bonds. The van der Waals surface area contributed by atoms with Crippen LogP contribution in [-0.4, -0.2) is 11.6 Å². The SMILES string of the molecule is CC(=O)Oc1cc(C)c2c(c1)CCC(C)(CC/C=C(\C)CC/C=C(\C)CCC=C(C)C)O2. The van der Waals surface area contributed by atoms with Crippen molar-refractivity contribution in [3.05, 3.63) is 58.2 Å². The summed E-state index contributed by atoms with van der Waals surface area (Å²) in [5.41, 5.74) is 6.36. The molecule has 1 unspecified atom stereocenters.